The minimum absolute atomic E-state index is 0.0190. The molecule has 1 unspecified atom stereocenters. The maximum Gasteiger partial charge on any atom is 0.0538 e. The molecule has 5 heteroatoms. The van der Waals surface area contributed by atoms with Crippen molar-refractivity contribution >= 4 is 11.6 Å². The Morgan fingerprint density at radius 2 is 2.21 bits per heavy atom. The maximum atomic E-state index is 6.18. The van der Waals surface area contributed by atoms with Crippen LogP contribution in [0.1, 0.15) is 30.5 Å². The van der Waals surface area contributed by atoms with E-state index in [0.717, 1.165) is 35.5 Å². The highest BCUT2D eigenvalue weighted by Gasteiger charge is 2.14. The van der Waals surface area contributed by atoms with E-state index in [1.807, 2.05) is 41.3 Å². The summed E-state index contributed by atoms with van der Waals surface area (Å²) < 4.78 is 1.94. The van der Waals surface area contributed by atoms with E-state index in [4.69, 9.17) is 17.4 Å². The van der Waals surface area contributed by atoms with Crippen LogP contribution in [0.3, 0.4) is 0 Å². The number of halogens is 1. The summed E-state index contributed by atoms with van der Waals surface area (Å²) in [7, 11) is 0. The molecule has 0 aliphatic heterocycles. The minimum atomic E-state index is 0.0190. The molecule has 0 aliphatic carbocycles. The first-order valence-electron chi connectivity index (χ1n) is 6.46. The van der Waals surface area contributed by atoms with E-state index in [-0.39, 0.29) is 6.04 Å². The summed E-state index contributed by atoms with van der Waals surface area (Å²) in [4.78, 5) is 0. The maximum absolute atomic E-state index is 6.18. The molecule has 19 heavy (non-hydrogen) atoms. The molecule has 0 spiro atoms. The lowest BCUT2D eigenvalue weighted by Crippen LogP contribution is -2.29. The topological polar surface area (TPSA) is 55.9 Å². The van der Waals surface area contributed by atoms with Crippen LogP contribution >= 0.6 is 11.6 Å². The number of aromatic nitrogens is 2. The van der Waals surface area contributed by atoms with Crippen molar-refractivity contribution in [2.24, 2.45) is 5.84 Å². The normalized spacial score (nSPS) is 12.6. The second-order valence-electron chi connectivity index (χ2n) is 4.55. The van der Waals surface area contributed by atoms with E-state index in [0.29, 0.717) is 0 Å². The number of aryl methyl sites for hydroxylation is 1. The molecule has 2 aromatic rings. The van der Waals surface area contributed by atoms with Crippen molar-refractivity contribution < 1.29 is 0 Å². The van der Waals surface area contributed by atoms with E-state index in [1.165, 1.54) is 0 Å². The molecule has 3 N–H and O–H groups in total. The lowest BCUT2D eigenvalue weighted by atomic mass is 10.0. The minimum Gasteiger partial charge on any atom is -0.272 e. The molecule has 1 atom stereocenters. The zero-order valence-electron chi connectivity index (χ0n) is 11.0. The van der Waals surface area contributed by atoms with Crippen molar-refractivity contribution in [1.29, 1.82) is 0 Å². The summed E-state index contributed by atoms with van der Waals surface area (Å²) in [5.74, 6) is 5.66. The number of nitrogens with one attached hydrogen (secondary N) is 1. The number of rotatable bonds is 6. The van der Waals surface area contributed by atoms with E-state index >= 15 is 0 Å². The van der Waals surface area contributed by atoms with Gasteiger partial charge in [-0.3, -0.25) is 16.0 Å². The highest BCUT2D eigenvalue weighted by Crippen LogP contribution is 2.22. The van der Waals surface area contributed by atoms with Gasteiger partial charge in [0, 0.05) is 23.3 Å². The molecule has 1 aromatic heterocycles. The molecule has 0 saturated carbocycles. The summed E-state index contributed by atoms with van der Waals surface area (Å²) in [6, 6.07) is 7.84. The van der Waals surface area contributed by atoms with Crippen LogP contribution in [0, 0.1) is 0 Å². The summed E-state index contributed by atoms with van der Waals surface area (Å²) >= 11 is 6.18. The average molecular weight is 279 g/mol. The molecule has 102 valence electrons. The fourth-order valence-electron chi connectivity index (χ4n) is 2.07. The van der Waals surface area contributed by atoms with Gasteiger partial charge in [0.2, 0.25) is 0 Å². The van der Waals surface area contributed by atoms with Crippen molar-refractivity contribution in [3.8, 4) is 0 Å². The summed E-state index contributed by atoms with van der Waals surface area (Å²) in [5, 5.41) is 5.09. The molecule has 0 radical (unpaired) electrons. The molecule has 4 nitrogen and oxygen atoms in total. The van der Waals surface area contributed by atoms with Crippen LogP contribution < -0.4 is 11.3 Å². The van der Waals surface area contributed by atoms with E-state index in [2.05, 4.69) is 17.4 Å². The van der Waals surface area contributed by atoms with Gasteiger partial charge in [-0.2, -0.15) is 5.10 Å². The van der Waals surface area contributed by atoms with Crippen molar-refractivity contribution in [3.05, 3.63) is 52.8 Å². The quantitative estimate of drug-likeness (QED) is 0.631. The molecule has 0 bridgehead atoms. The fraction of sp³-hybridized carbons (Fsp3) is 0.357. The van der Waals surface area contributed by atoms with Gasteiger partial charge in [0.1, 0.15) is 0 Å². The van der Waals surface area contributed by atoms with E-state index in [9.17, 15) is 0 Å². The first-order valence-corrected chi connectivity index (χ1v) is 6.84. The summed E-state index contributed by atoms with van der Waals surface area (Å²) in [6.07, 6.45) is 5.70. The van der Waals surface area contributed by atoms with Crippen molar-refractivity contribution in [1.82, 2.24) is 15.2 Å². The monoisotopic (exact) mass is 278 g/mol. The van der Waals surface area contributed by atoms with Crippen molar-refractivity contribution in [2.75, 3.05) is 0 Å². The first kappa shape index (κ1) is 14.1. The highest BCUT2D eigenvalue weighted by atomic mass is 35.5. The van der Waals surface area contributed by atoms with Gasteiger partial charge in [-0.1, -0.05) is 36.7 Å². The van der Waals surface area contributed by atoms with Gasteiger partial charge in [-0.25, -0.2) is 0 Å². The molecule has 0 fully saturated rings. The molecule has 1 heterocycles. The largest absolute Gasteiger partial charge is 0.272 e. The van der Waals surface area contributed by atoms with Crippen LogP contribution in [0.5, 0.6) is 0 Å². The third-order valence-electron chi connectivity index (χ3n) is 3.09. The first-order chi connectivity index (χ1) is 9.24. The molecule has 0 saturated heterocycles. The molecule has 0 aliphatic rings. The second-order valence-corrected chi connectivity index (χ2v) is 4.96. The number of nitrogens with zero attached hydrogens (tertiary/aromatic N) is 2. The highest BCUT2D eigenvalue weighted by molar-refractivity contribution is 6.31. The predicted molar refractivity (Wildman–Crippen MR) is 77.7 cm³/mol. The molecule has 2 rings (SSSR count). The molecular weight excluding hydrogens is 260 g/mol. The van der Waals surface area contributed by atoms with Gasteiger partial charge in [0.15, 0.2) is 0 Å². The van der Waals surface area contributed by atoms with Crippen LogP contribution in [0.2, 0.25) is 5.02 Å². The van der Waals surface area contributed by atoms with E-state index in [1.54, 1.807) is 0 Å². The summed E-state index contributed by atoms with van der Waals surface area (Å²) in [5.41, 5.74) is 5.00. The predicted octanol–water partition coefficient (Wildman–Crippen LogP) is 2.69. The lowest BCUT2D eigenvalue weighted by Gasteiger charge is -2.15. The molecule has 1 aromatic carbocycles. The Labute approximate surface area is 118 Å². The van der Waals surface area contributed by atoms with Crippen LogP contribution in [-0.2, 0) is 13.0 Å². The van der Waals surface area contributed by atoms with Gasteiger partial charge in [0.25, 0.3) is 0 Å². The van der Waals surface area contributed by atoms with Gasteiger partial charge in [0.05, 0.1) is 12.2 Å². The van der Waals surface area contributed by atoms with Gasteiger partial charge >= 0.3 is 0 Å². The Hall–Kier alpha value is -1.36. The number of nitrogens with two attached hydrogens (primary N) is 1. The van der Waals surface area contributed by atoms with Crippen LogP contribution in [-0.4, -0.2) is 9.78 Å². The molecular formula is C14H19ClN4. The van der Waals surface area contributed by atoms with Gasteiger partial charge < -0.3 is 0 Å². The lowest BCUT2D eigenvalue weighted by molar-refractivity contribution is 0.549. The Bertz CT molecular complexity index is 524. The number of hydrogen-bond acceptors (Lipinski definition) is 3. The third-order valence-corrected chi connectivity index (χ3v) is 3.46. The van der Waals surface area contributed by atoms with Crippen molar-refractivity contribution in [3.63, 3.8) is 0 Å². The van der Waals surface area contributed by atoms with Crippen LogP contribution in [0.15, 0.2) is 36.7 Å². The number of hydrogen-bond donors (Lipinski definition) is 2. The third kappa shape index (κ3) is 3.56. The number of benzene rings is 1. The van der Waals surface area contributed by atoms with Gasteiger partial charge in [-0.15, -0.1) is 0 Å². The smallest absolute Gasteiger partial charge is 0.0538 e. The fourth-order valence-corrected chi connectivity index (χ4v) is 2.28. The number of hydrazine groups is 1. The molecule has 0 amide bonds. The van der Waals surface area contributed by atoms with Crippen LogP contribution in [0.4, 0.5) is 0 Å². The SMILES string of the molecule is CCCn1cc(C(Cc2ccccc2Cl)NN)cn1. The average Bonchev–Trinajstić information content (AvgIpc) is 2.87. The van der Waals surface area contributed by atoms with Crippen LogP contribution in [0.25, 0.3) is 0 Å². The Balaban J connectivity index is 2.13. The zero-order valence-corrected chi connectivity index (χ0v) is 11.8. The van der Waals surface area contributed by atoms with E-state index < -0.39 is 0 Å². The standard InChI is InChI=1S/C14H19ClN4/c1-2-7-19-10-12(9-17-19)14(18-16)8-11-5-3-4-6-13(11)15/h3-6,9-10,14,18H,2,7-8,16H2,1H3. The Morgan fingerprint density at radius 3 is 2.89 bits per heavy atom. The zero-order chi connectivity index (χ0) is 13.7. The summed E-state index contributed by atoms with van der Waals surface area (Å²) in [6.45, 7) is 3.05. The Kier molecular flexibility index (Phi) is 4.96. The second kappa shape index (κ2) is 6.70. The van der Waals surface area contributed by atoms with Crippen molar-refractivity contribution in [2.45, 2.75) is 32.4 Å². The van der Waals surface area contributed by atoms with Gasteiger partial charge in [-0.05, 0) is 24.5 Å². The Morgan fingerprint density at radius 1 is 1.42 bits per heavy atom.